The van der Waals surface area contributed by atoms with Gasteiger partial charge in [-0.1, -0.05) is 0 Å². The van der Waals surface area contributed by atoms with Crippen LogP contribution >= 0.6 is 0 Å². The van der Waals surface area contributed by atoms with Crippen LogP contribution in [0.25, 0.3) is 11.0 Å². The Morgan fingerprint density at radius 2 is 2.20 bits per heavy atom. The number of carbonyl (C=O) groups excluding carboxylic acids is 1. The zero-order valence-electron chi connectivity index (χ0n) is 10.3. The number of rotatable bonds is 5. The van der Waals surface area contributed by atoms with Gasteiger partial charge in [-0.25, -0.2) is 4.98 Å². The number of amides is 1. The van der Waals surface area contributed by atoms with Crippen LogP contribution in [0.15, 0.2) is 24.5 Å². The Bertz CT molecular complexity index is 595. The second kappa shape index (κ2) is 5.91. The number of H-pyrrole nitrogens is 1. The number of hydrogen-bond donors (Lipinski definition) is 2. The van der Waals surface area contributed by atoms with Crippen molar-refractivity contribution in [3.63, 3.8) is 0 Å². The first-order chi connectivity index (χ1) is 9.46. The number of fused-ring (bicyclic) bond motifs is 1. The van der Waals surface area contributed by atoms with Gasteiger partial charge in [0.25, 0.3) is 5.91 Å². The molecule has 0 unspecified atom stereocenters. The Labute approximate surface area is 112 Å². The van der Waals surface area contributed by atoms with E-state index in [0.717, 1.165) is 5.52 Å². The van der Waals surface area contributed by atoms with Crippen molar-refractivity contribution in [2.45, 2.75) is 6.18 Å². The fourth-order valence-electron chi connectivity index (χ4n) is 1.60. The summed E-state index contributed by atoms with van der Waals surface area (Å²) >= 11 is 0. The maximum absolute atomic E-state index is 11.8. The molecular formula is C12H12F3N3O2. The number of halogens is 3. The predicted molar refractivity (Wildman–Crippen MR) is 65.3 cm³/mol. The summed E-state index contributed by atoms with van der Waals surface area (Å²) in [6, 6.07) is 4.89. The first kappa shape index (κ1) is 14.3. The Balaban J connectivity index is 1.80. The van der Waals surface area contributed by atoms with Gasteiger partial charge in [0, 0.05) is 12.1 Å². The number of imidazole rings is 1. The molecule has 0 spiro atoms. The van der Waals surface area contributed by atoms with E-state index in [0.29, 0.717) is 11.1 Å². The third-order valence-corrected chi connectivity index (χ3v) is 2.48. The van der Waals surface area contributed by atoms with Crippen molar-refractivity contribution in [1.82, 2.24) is 15.3 Å². The van der Waals surface area contributed by atoms with Crippen LogP contribution in [0, 0.1) is 0 Å². The summed E-state index contributed by atoms with van der Waals surface area (Å²) in [5.41, 5.74) is 1.85. The molecule has 2 aromatic rings. The molecule has 1 aromatic carbocycles. The number of nitrogens with one attached hydrogen (secondary N) is 2. The molecule has 20 heavy (non-hydrogen) atoms. The van der Waals surface area contributed by atoms with Crippen LogP contribution in [0.3, 0.4) is 0 Å². The Kier molecular flexibility index (Phi) is 4.23. The molecular weight excluding hydrogens is 275 g/mol. The zero-order valence-corrected chi connectivity index (χ0v) is 10.3. The Hall–Kier alpha value is -2.09. The molecule has 108 valence electrons. The molecule has 2 N–H and O–H groups in total. The van der Waals surface area contributed by atoms with E-state index in [1.54, 1.807) is 18.2 Å². The van der Waals surface area contributed by atoms with Crippen molar-refractivity contribution in [2.24, 2.45) is 0 Å². The first-order valence-electron chi connectivity index (χ1n) is 5.81. The highest BCUT2D eigenvalue weighted by Gasteiger charge is 2.27. The third kappa shape index (κ3) is 3.95. The number of ether oxygens (including phenoxy) is 1. The summed E-state index contributed by atoms with van der Waals surface area (Å²) < 4.78 is 39.8. The van der Waals surface area contributed by atoms with Crippen LogP contribution in [0.2, 0.25) is 0 Å². The van der Waals surface area contributed by atoms with Gasteiger partial charge in [0.05, 0.1) is 24.0 Å². The van der Waals surface area contributed by atoms with Gasteiger partial charge in [-0.05, 0) is 18.2 Å². The Morgan fingerprint density at radius 3 is 2.95 bits per heavy atom. The fraction of sp³-hybridized carbons (Fsp3) is 0.333. The number of hydrogen-bond acceptors (Lipinski definition) is 3. The van der Waals surface area contributed by atoms with Crippen LogP contribution in [-0.2, 0) is 4.74 Å². The normalized spacial score (nSPS) is 11.8. The van der Waals surface area contributed by atoms with Crippen molar-refractivity contribution in [3.05, 3.63) is 30.1 Å². The monoisotopic (exact) mass is 287 g/mol. The van der Waals surface area contributed by atoms with Gasteiger partial charge in [0.15, 0.2) is 0 Å². The number of carbonyl (C=O) groups is 1. The molecule has 1 amide bonds. The standard InChI is InChI=1S/C12H12F3N3O2/c13-12(14,15)6-20-4-3-16-11(19)8-1-2-9-10(5-8)18-7-17-9/h1-2,5,7H,3-4,6H2,(H,16,19)(H,17,18). The quantitative estimate of drug-likeness (QED) is 0.825. The molecule has 0 aliphatic rings. The van der Waals surface area contributed by atoms with Gasteiger partial charge in [0.2, 0.25) is 0 Å². The number of nitrogens with zero attached hydrogens (tertiary/aromatic N) is 1. The van der Waals surface area contributed by atoms with Gasteiger partial charge < -0.3 is 15.0 Å². The minimum Gasteiger partial charge on any atom is -0.370 e. The molecule has 0 saturated carbocycles. The van der Waals surface area contributed by atoms with Crippen LogP contribution in [0.4, 0.5) is 13.2 Å². The largest absolute Gasteiger partial charge is 0.411 e. The van der Waals surface area contributed by atoms with E-state index < -0.39 is 12.8 Å². The summed E-state index contributed by atoms with van der Waals surface area (Å²) in [6.45, 7) is -1.50. The minimum absolute atomic E-state index is 0.00985. The molecule has 8 heteroatoms. The lowest BCUT2D eigenvalue weighted by Crippen LogP contribution is -2.28. The smallest absolute Gasteiger partial charge is 0.370 e. The van der Waals surface area contributed by atoms with E-state index in [9.17, 15) is 18.0 Å². The maximum Gasteiger partial charge on any atom is 0.411 e. The van der Waals surface area contributed by atoms with Gasteiger partial charge in [-0.2, -0.15) is 13.2 Å². The van der Waals surface area contributed by atoms with E-state index in [2.05, 4.69) is 20.0 Å². The first-order valence-corrected chi connectivity index (χ1v) is 5.81. The fourth-order valence-corrected chi connectivity index (χ4v) is 1.60. The molecule has 2 rings (SSSR count). The Morgan fingerprint density at radius 1 is 1.40 bits per heavy atom. The molecule has 0 aliphatic heterocycles. The van der Waals surface area contributed by atoms with Gasteiger partial charge >= 0.3 is 6.18 Å². The molecule has 1 aromatic heterocycles. The molecule has 0 fully saturated rings. The zero-order chi connectivity index (χ0) is 14.6. The number of alkyl halides is 3. The van der Waals surface area contributed by atoms with E-state index in [1.165, 1.54) is 6.33 Å². The highest BCUT2D eigenvalue weighted by Crippen LogP contribution is 2.14. The van der Waals surface area contributed by atoms with Gasteiger partial charge in [-0.3, -0.25) is 4.79 Å². The number of aromatic nitrogens is 2. The minimum atomic E-state index is -4.35. The van der Waals surface area contributed by atoms with Crippen molar-refractivity contribution < 1.29 is 22.7 Å². The second-order valence-corrected chi connectivity index (χ2v) is 4.06. The van der Waals surface area contributed by atoms with Gasteiger partial charge in [-0.15, -0.1) is 0 Å². The topological polar surface area (TPSA) is 67.0 Å². The maximum atomic E-state index is 11.8. The average molecular weight is 287 g/mol. The second-order valence-electron chi connectivity index (χ2n) is 4.06. The molecule has 1 heterocycles. The van der Waals surface area contributed by atoms with Crippen molar-refractivity contribution in [3.8, 4) is 0 Å². The summed E-state index contributed by atoms with van der Waals surface area (Å²) in [4.78, 5) is 18.6. The highest BCUT2D eigenvalue weighted by atomic mass is 19.4. The van der Waals surface area contributed by atoms with Crippen molar-refractivity contribution in [2.75, 3.05) is 19.8 Å². The highest BCUT2D eigenvalue weighted by molar-refractivity contribution is 5.97. The summed E-state index contributed by atoms with van der Waals surface area (Å²) in [5.74, 6) is -0.378. The van der Waals surface area contributed by atoms with Crippen LogP contribution < -0.4 is 5.32 Å². The number of benzene rings is 1. The summed E-state index contributed by atoms with van der Waals surface area (Å²) in [6.07, 6.45) is -2.84. The van der Waals surface area contributed by atoms with Gasteiger partial charge in [0.1, 0.15) is 6.61 Å². The molecule has 0 radical (unpaired) electrons. The number of aromatic amines is 1. The van der Waals surface area contributed by atoms with Crippen molar-refractivity contribution >= 4 is 16.9 Å². The van der Waals surface area contributed by atoms with E-state index >= 15 is 0 Å². The predicted octanol–water partition coefficient (Wildman–Crippen LogP) is 1.87. The van der Waals surface area contributed by atoms with E-state index in [-0.39, 0.29) is 19.1 Å². The molecule has 0 atom stereocenters. The van der Waals surface area contributed by atoms with Crippen LogP contribution in [-0.4, -0.2) is 41.8 Å². The third-order valence-electron chi connectivity index (χ3n) is 2.48. The SMILES string of the molecule is O=C(NCCOCC(F)(F)F)c1ccc2nc[nH]c2c1. The van der Waals surface area contributed by atoms with E-state index in [4.69, 9.17) is 0 Å². The average Bonchev–Trinajstić information content (AvgIpc) is 2.83. The summed E-state index contributed by atoms with van der Waals surface area (Å²) in [7, 11) is 0. The molecule has 0 saturated heterocycles. The molecule has 0 bridgehead atoms. The lowest BCUT2D eigenvalue weighted by atomic mass is 10.2. The van der Waals surface area contributed by atoms with Crippen LogP contribution in [0.5, 0.6) is 0 Å². The summed E-state index contributed by atoms with van der Waals surface area (Å²) in [5, 5.41) is 2.48. The van der Waals surface area contributed by atoms with Crippen LogP contribution in [0.1, 0.15) is 10.4 Å². The van der Waals surface area contributed by atoms with E-state index in [1.807, 2.05) is 0 Å². The van der Waals surface area contributed by atoms with Crippen molar-refractivity contribution in [1.29, 1.82) is 0 Å². The molecule has 0 aliphatic carbocycles. The lowest BCUT2D eigenvalue weighted by Gasteiger charge is -2.08. The molecule has 5 nitrogen and oxygen atoms in total. The lowest BCUT2D eigenvalue weighted by molar-refractivity contribution is -0.173.